The number of urea groups is 1. The molecule has 0 bridgehead atoms. The Labute approximate surface area is 259 Å². The topological polar surface area (TPSA) is 148 Å². The van der Waals surface area contributed by atoms with Crippen LogP contribution in [0.4, 0.5) is 10.5 Å². The molecular weight excluding hydrogens is 582 g/mol. The number of aromatic nitrogens is 3. The molecule has 4 N–H and O–H groups in total. The Balaban J connectivity index is 1.31. The van der Waals surface area contributed by atoms with Crippen LogP contribution in [0.25, 0.3) is 0 Å². The third-order valence-electron chi connectivity index (χ3n) is 7.39. The first-order chi connectivity index (χ1) is 21.4. The first-order valence-electron chi connectivity index (χ1n) is 14.2. The molecule has 1 aliphatic heterocycles. The quantitative estimate of drug-likeness (QED) is 0.138. The average molecular weight is 618 g/mol. The number of aliphatic hydroxyl groups excluding tert-OH is 1. The van der Waals surface area contributed by atoms with Crippen LogP contribution in [0.2, 0.25) is 0 Å². The molecule has 3 aromatic carbocycles. The second-order valence-electron chi connectivity index (χ2n) is 10.4. The SMILES string of the molecule is COC(=O)C(Cc1ccccc1)NC(=O)Nc1cccc(C2OC(CSc3ncn[nH]3)C(C)C(c3ccc(CO)cc3)O2)c1. The summed E-state index contributed by atoms with van der Waals surface area (Å²) in [5.74, 6) is 0.0646. The molecule has 1 aromatic heterocycles. The zero-order valence-electron chi connectivity index (χ0n) is 24.4. The van der Waals surface area contributed by atoms with Gasteiger partial charge in [-0.3, -0.25) is 5.10 Å². The minimum atomic E-state index is -0.863. The number of carbonyl (C=O) groups excluding carboxylic acids is 2. The molecule has 0 spiro atoms. The van der Waals surface area contributed by atoms with E-state index in [0.29, 0.717) is 16.6 Å². The van der Waals surface area contributed by atoms with Gasteiger partial charge in [-0.15, -0.1) is 0 Å². The summed E-state index contributed by atoms with van der Waals surface area (Å²) in [5, 5.41) is 22.5. The van der Waals surface area contributed by atoms with Crippen LogP contribution in [0.5, 0.6) is 0 Å². The van der Waals surface area contributed by atoms with Gasteiger partial charge in [-0.1, -0.05) is 85.4 Å². The Hall–Kier alpha value is -4.23. The fourth-order valence-corrected chi connectivity index (χ4v) is 5.95. The number of anilines is 1. The van der Waals surface area contributed by atoms with Gasteiger partial charge in [-0.05, 0) is 28.8 Å². The summed E-state index contributed by atoms with van der Waals surface area (Å²) >= 11 is 1.51. The van der Waals surface area contributed by atoms with Gasteiger partial charge in [-0.2, -0.15) is 5.10 Å². The predicted octanol–water partition coefficient (Wildman–Crippen LogP) is 4.79. The summed E-state index contributed by atoms with van der Waals surface area (Å²) in [4.78, 5) is 29.6. The van der Waals surface area contributed by atoms with Crippen LogP contribution < -0.4 is 10.6 Å². The number of nitrogens with one attached hydrogen (secondary N) is 3. The van der Waals surface area contributed by atoms with Crippen molar-refractivity contribution in [3.05, 3.63) is 107 Å². The molecule has 4 aromatic rings. The standard InChI is InChI=1S/C32H35N5O6S/c1-20-27(18-44-32-33-19-34-37-32)42-30(43-28(20)23-13-11-22(17-38)12-14-23)24-9-6-10-25(16-24)35-31(40)36-26(29(39)41-2)15-21-7-4-3-5-8-21/h3-14,16,19-20,26-28,30,38H,15,17-18H2,1-2H3,(H,33,34,37)(H2,35,36,40). The molecule has 2 amide bonds. The number of esters is 1. The molecule has 1 aliphatic rings. The maximum atomic E-state index is 13.0. The zero-order chi connectivity index (χ0) is 30.9. The number of carbonyl (C=O) groups is 2. The van der Waals surface area contributed by atoms with Gasteiger partial charge in [-0.25, -0.2) is 14.6 Å². The monoisotopic (exact) mass is 617 g/mol. The van der Waals surface area contributed by atoms with E-state index in [1.807, 2.05) is 60.7 Å². The number of ether oxygens (including phenoxy) is 3. The van der Waals surface area contributed by atoms with Crippen molar-refractivity contribution in [3.8, 4) is 0 Å². The van der Waals surface area contributed by atoms with Crippen LogP contribution in [-0.2, 0) is 32.0 Å². The van der Waals surface area contributed by atoms with Crippen molar-refractivity contribution in [2.45, 2.75) is 49.6 Å². The number of thioether (sulfide) groups is 1. The van der Waals surface area contributed by atoms with E-state index in [9.17, 15) is 14.7 Å². The smallest absolute Gasteiger partial charge is 0.328 e. The molecule has 0 saturated carbocycles. The van der Waals surface area contributed by atoms with Crippen LogP contribution in [0, 0.1) is 5.92 Å². The van der Waals surface area contributed by atoms with Crippen molar-refractivity contribution in [3.63, 3.8) is 0 Å². The molecule has 0 radical (unpaired) electrons. The van der Waals surface area contributed by atoms with Gasteiger partial charge in [0.2, 0.25) is 0 Å². The molecule has 44 heavy (non-hydrogen) atoms. The fourth-order valence-electron chi connectivity index (χ4n) is 5.01. The molecule has 11 nitrogen and oxygen atoms in total. The molecule has 2 heterocycles. The van der Waals surface area contributed by atoms with Crippen molar-refractivity contribution < 1.29 is 28.9 Å². The molecule has 1 saturated heterocycles. The highest BCUT2D eigenvalue weighted by Gasteiger charge is 2.38. The molecular formula is C32H35N5O6S. The number of rotatable bonds is 11. The Kier molecular flexibility index (Phi) is 10.6. The maximum Gasteiger partial charge on any atom is 0.328 e. The summed E-state index contributed by atoms with van der Waals surface area (Å²) in [6, 6.07) is 22.9. The third-order valence-corrected chi connectivity index (χ3v) is 8.36. The Morgan fingerprint density at radius 3 is 2.52 bits per heavy atom. The van der Waals surface area contributed by atoms with Gasteiger partial charge in [0.25, 0.3) is 0 Å². The van der Waals surface area contributed by atoms with Crippen molar-refractivity contribution in [1.82, 2.24) is 20.5 Å². The number of hydrogen-bond donors (Lipinski definition) is 4. The van der Waals surface area contributed by atoms with E-state index in [-0.39, 0.29) is 31.2 Å². The number of amides is 2. The summed E-state index contributed by atoms with van der Waals surface area (Å²) in [6.07, 6.45) is 0.538. The number of H-pyrrole nitrogens is 1. The highest BCUT2D eigenvalue weighted by Crippen LogP contribution is 2.43. The highest BCUT2D eigenvalue weighted by molar-refractivity contribution is 7.99. The average Bonchev–Trinajstić information content (AvgIpc) is 3.58. The molecule has 1 fully saturated rings. The first-order valence-corrected chi connectivity index (χ1v) is 15.2. The van der Waals surface area contributed by atoms with E-state index in [2.05, 4.69) is 32.7 Å². The van der Waals surface area contributed by atoms with E-state index in [4.69, 9.17) is 14.2 Å². The van der Waals surface area contributed by atoms with Crippen molar-refractivity contribution in [2.75, 3.05) is 18.2 Å². The maximum absolute atomic E-state index is 13.0. The molecule has 5 rings (SSSR count). The van der Waals surface area contributed by atoms with Gasteiger partial charge in [0, 0.05) is 29.3 Å². The summed E-state index contributed by atoms with van der Waals surface area (Å²) in [6.45, 7) is 2.05. The minimum Gasteiger partial charge on any atom is -0.467 e. The Bertz CT molecular complexity index is 1510. The van der Waals surface area contributed by atoms with Crippen LogP contribution in [0.3, 0.4) is 0 Å². The Morgan fingerprint density at radius 1 is 1.02 bits per heavy atom. The second kappa shape index (κ2) is 15.0. The van der Waals surface area contributed by atoms with Gasteiger partial charge in [0.15, 0.2) is 11.4 Å². The number of hydrogen-bond acceptors (Lipinski definition) is 9. The van der Waals surface area contributed by atoms with E-state index in [1.54, 1.807) is 18.2 Å². The molecule has 5 atom stereocenters. The van der Waals surface area contributed by atoms with Gasteiger partial charge < -0.3 is 30.0 Å². The normalized spacial score (nSPS) is 20.4. The van der Waals surface area contributed by atoms with Crippen LogP contribution >= 0.6 is 11.8 Å². The van der Waals surface area contributed by atoms with E-state index in [0.717, 1.165) is 22.3 Å². The molecule has 0 aliphatic carbocycles. The fraction of sp³-hybridized carbons (Fsp3) is 0.312. The lowest BCUT2D eigenvalue weighted by molar-refractivity contribution is -0.268. The summed E-state index contributed by atoms with van der Waals surface area (Å²) < 4.78 is 17.9. The number of methoxy groups -OCH3 is 1. The predicted molar refractivity (Wildman–Crippen MR) is 165 cm³/mol. The molecule has 12 heteroatoms. The number of benzene rings is 3. The summed E-state index contributed by atoms with van der Waals surface area (Å²) in [7, 11) is 1.29. The number of nitrogens with zero attached hydrogens (tertiary/aromatic N) is 2. The summed E-state index contributed by atoms with van der Waals surface area (Å²) in [5.41, 5.74) is 3.90. The van der Waals surface area contributed by atoms with Gasteiger partial charge >= 0.3 is 12.0 Å². The van der Waals surface area contributed by atoms with Crippen LogP contribution in [-0.4, -0.2) is 57.3 Å². The van der Waals surface area contributed by atoms with Crippen molar-refractivity contribution in [2.24, 2.45) is 5.92 Å². The van der Waals surface area contributed by atoms with E-state index in [1.165, 1.54) is 25.2 Å². The third kappa shape index (κ3) is 8.03. The van der Waals surface area contributed by atoms with Gasteiger partial charge in [0.05, 0.1) is 25.9 Å². The zero-order valence-corrected chi connectivity index (χ0v) is 25.2. The van der Waals surface area contributed by atoms with Crippen LogP contribution in [0.1, 0.15) is 41.6 Å². The van der Waals surface area contributed by atoms with E-state index < -0.39 is 24.3 Å². The molecule has 5 unspecified atom stereocenters. The van der Waals surface area contributed by atoms with Crippen molar-refractivity contribution >= 4 is 29.4 Å². The lowest BCUT2D eigenvalue weighted by Crippen LogP contribution is -2.45. The van der Waals surface area contributed by atoms with E-state index >= 15 is 0 Å². The highest BCUT2D eigenvalue weighted by atomic mass is 32.2. The largest absolute Gasteiger partial charge is 0.467 e. The Morgan fingerprint density at radius 2 is 1.82 bits per heavy atom. The second-order valence-corrected chi connectivity index (χ2v) is 11.4. The first kappa shape index (κ1) is 31.2. The van der Waals surface area contributed by atoms with Crippen molar-refractivity contribution in [1.29, 1.82) is 0 Å². The lowest BCUT2D eigenvalue weighted by atomic mass is 9.91. The number of aliphatic hydroxyl groups is 1. The number of aromatic amines is 1. The lowest BCUT2D eigenvalue weighted by Gasteiger charge is -2.41. The van der Waals surface area contributed by atoms with Gasteiger partial charge in [0.1, 0.15) is 12.4 Å². The van der Waals surface area contributed by atoms with Crippen LogP contribution in [0.15, 0.2) is 90.3 Å². The molecule has 230 valence electrons. The minimum absolute atomic E-state index is 0.00592.